The minimum absolute atomic E-state index is 0.00700. The number of nitrogens with one attached hydrogen (secondary N) is 1. The van der Waals surface area contributed by atoms with E-state index < -0.39 is 6.04 Å². The molecule has 2 aromatic rings. The largest absolute Gasteiger partial charge is 0.454 e. The lowest BCUT2D eigenvalue weighted by Gasteiger charge is -2.24. The number of carbonyl (C=O) groups is 2. The first kappa shape index (κ1) is 18.6. The van der Waals surface area contributed by atoms with Crippen LogP contribution in [-0.2, 0) is 9.59 Å². The lowest BCUT2D eigenvalue weighted by Crippen LogP contribution is -2.43. The molecule has 1 fully saturated rings. The zero-order valence-corrected chi connectivity index (χ0v) is 15.1. The molecule has 0 spiro atoms. The number of para-hydroxylation sites is 2. The number of pyridine rings is 1. The molecule has 1 aromatic carbocycles. The molecule has 1 N–H and O–H groups in total. The van der Waals surface area contributed by atoms with E-state index in [2.05, 4.69) is 16.9 Å². The zero-order valence-electron chi connectivity index (χ0n) is 15.1. The van der Waals surface area contributed by atoms with Crippen LogP contribution in [0.25, 0.3) is 0 Å². The third-order valence-electron chi connectivity index (χ3n) is 4.45. The maximum absolute atomic E-state index is 12.8. The van der Waals surface area contributed by atoms with Crippen LogP contribution in [0.2, 0.25) is 0 Å². The van der Waals surface area contributed by atoms with E-state index in [0.717, 1.165) is 6.42 Å². The topological polar surface area (TPSA) is 71.5 Å². The molecule has 1 saturated heterocycles. The quantitative estimate of drug-likeness (QED) is 0.758. The molecule has 0 aliphatic carbocycles. The van der Waals surface area contributed by atoms with Crippen molar-refractivity contribution in [3.05, 3.63) is 61.4 Å². The van der Waals surface area contributed by atoms with Gasteiger partial charge in [0.05, 0.1) is 11.9 Å². The van der Waals surface area contributed by atoms with Crippen LogP contribution in [0.5, 0.6) is 11.5 Å². The van der Waals surface area contributed by atoms with E-state index >= 15 is 0 Å². The second kappa shape index (κ2) is 8.98. The van der Waals surface area contributed by atoms with Gasteiger partial charge in [-0.05, 0) is 43.5 Å². The third kappa shape index (κ3) is 4.73. The Labute approximate surface area is 158 Å². The summed E-state index contributed by atoms with van der Waals surface area (Å²) in [6.07, 6.45) is 7.48. The van der Waals surface area contributed by atoms with E-state index in [0.29, 0.717) is 43.0 Å². The smallest absolute Gasteiger partial charge is 0.247 e. The first-order valence-corrected chi connectivity index (χ1v) is 9.07. The van der Waals surface area contributed by atoms with Crippen LogP contribution in [0.1, 0.15) is 25.7 Å². The molecule has 1 aliphatic heterocycles. The Morgan fingerprint density at radius 2 is 2.15 bits per heavy atom. The molecule has 1 atom stereocenters. The Kier molecular flexibility index (Phi) is 6.20. The molecule has 6 heteroatoms. The average molecular weight is 365 g/mol. The van der Waals surface area contributed by atoms with E-state index in [-0.39, 0.29) is 11.8 Å². The number of hydrogen-bond acceptors (Lipinski definition) is 4. The molecular weight excluding hydrogens is 342 g/mol. The molecule has 2 amide bonds. The summed E-state index contributed by atoms with van der Waals surface area (Å²) in [4.78, 5) is 30.9. The molecule has 3 rings (SSSR count). The second-order valence-corrected chi connectivity index (χ2v) is 6.35. The van der Waals surface area contributed by atoms with E-state index in [9.17, 15) is 9.59 Å². The van der Waals surface area contributed by atoms with Crippen molar-refractivity contribution >= 4 is 17.5 Å². The number of allylic oxidation sites excluding steroid dienone is 1. The summed E-state index contributed by atoms with van der Waals surface area (Å²) in [5.41, 5.74) is 0.566. The molecule has 140 valence electrons. The Morgan fingerprint density at radius 1 is 1.30 bits per heavy atom. The average Bonchev–Trinajstić information content (AvgIpc) is 3.18. The molecule has 6 nitrogen and oxygen atoms in total. The number of benzene rings is 1. The van der Waals surface area contributed by atoms with Crippen molar-refractivity contribution in [3.63, 3.8) is 0 Å². The fourth-order valence-electron chi connectivity index (χ4n) is 3.12. The molecular formula is C21H23N3O3. The van der Waals surface area contributed by atoms with Crippen LogP contribution >= 0.6 is 0 Å². The summed E-state index contributed by atoms with van der Waals surface area (Å²) in [5, 5.41) is 2.92. The van der Waals surface area contributed by atoms with Crippen molar-refractivity contribution in [2.75, 3.05) is 11.9 Å². The lowest BCUT2D eigenvalue weighted by atomic mass is 10.1. The molecule has 0 bridgehead atoms. The van der Waals surface area contributed by atoms with Crippen LogP contribution < -0.4 is 10.1 Å². The number of carbonyl (C=O) groups excluding carboxylic acids is 2. The fraction of sp³-hybridized carbons (Fsp3) is 0.286. The molecule has 2 heterocycles. The van der Waals surface area contributed by atoms with Gasteiger partial charge in [0.25, 0.3) is 0 Å². The van der Waals surface area contributed by atoms with Crippen molar-refractivity contribution in [3.8, 4) is 11.5 Å². The van der Waals surface area contributed by atoms with Gasteiger partial charge in [0.2, 0.25) is 11.8 Å². The number of rotatable bonds is 7. The second-order valence-electron chi connectivity index (χ2n) is 6.35. The highest BCUT2D eigenvalue weighted by atomic mass is 16.5. The van der Waals surface area contributed by atoms with Gasteiger partial charge in [-0.3, -0.25) is 14.6 Å². The Bertz CT molecular complexity index is 807. The fourth-order valence-corrected chi connectivity index (χ4v) is 3.12. The minimum atomic E-state index is -0.450. The lowest BCUT2D eigenvalue weighted by molar-refractivity contribution is -0.136. The monoisotopic (exact) mass is 365 g/mol. The number of anilines is 1. The van der Waals surface area contributed by atoms with E-state index in [1.54, 1.807) is 47.6 Å². The van der Waals surface area contributed by atoms with Gasteiger partial charge in [0, 0.05) is 19.2 Å². The summed E-state index contributed by atoms with van der Waals surface area (Å²) in [5.74, 6) is 0.914. The number of amides is 2. The van der Waals surface area contributed by atoms with Crippen molar-refractivity contribution in [2.24, 2.45) is 0 Å². The van der Waals surface area contributed by atoms with E-state index in [4.69, 9.17) is 4.74 Å². The van der Waals surface area contributed by atoms with Crippen LogP contribution in [0, 0.1) is 0 Å². The normalized spacial score (nSPS) is 16.0. The minimum Gasteiger partial charge on any atom is -0.454 e. The van der Waals surface area contributed by atoms with Gasteiger partial charge < -0.3 is 15.0 Å². The van der Waals surface area contributed by atoms with Crippen molar-refractivity contribution < 1.29 is 14.3 Å². The predicted molar refractivity (Wildman–Crippen MR) is 104 cm³/mol. The number of aromatic nitrogens is 1. The number of likely N-dealkylation sites (tertiary alicyclic amines) is 1. The summed E-state index contributed by atoms with van der Waals surface area (Å²) >= 11 is 0. The van der Waals surface area contributed by atoms with Crippen LogP contribution in [0.4, 0.5) is 5.69 Å². The molecule has 0 radical (unpaired) electrons. The predicted octanol–water partition coefficient (Wildman–Crippen LogP) is 3.77. The highest BCUT2D eigenvalue weighted by molar-refractivity contribution is 5.98. The van der Waals surface area contributed by atoms with Gasteiger partial charge in [0.1, 0.15) is 11.8 Å². The summed E-state index contributed by atoms with van der Waals surface area (Å²) in [7, 11) is 0. The zero-order chi connectivity index (χ0) is 19.1. The van der Waals surface area contributed by atoms with Crippen molar-refractivity contribution in [2.45, 2.75) is 31.7 Å². The maximum atomic E-state index is 12.8. The van der Waals surface area contributed by atoms with Gasteiger partial charge >= 0.3 is 0 Å². The van der Waals surface area contributed by atoms with Gasteiger partial charge in [-0.25, -0.2) is 0 Å². The molecule has 1 aliphatic rings. The van der Waals surface area contributed by atoms with E-state index in [1.165, 1.54) is 0 Å². The van der Waals surface area contributed by atoms with Gasteiger partial charge in [-0.2, -0.15) is 0 Å². The molecule has 1 aromatic heterocycles. The third-order valence-corrected chi connectivity index (χ3v) is 4.45. The SMILES string of the molecule is C=CCCC(=O)N1CCC[C@@H]1C(=O)Nc1ccccc1Oc1cccnc1. The van der Waals surface area contributed by atoms with Crippen molar-refractivity contribution in [1.82, 2.24) is 9.88 Å². The van der Waals surface area contributed by atoms with Crippen LogP contribution in [0.15, 0.2) is 61.4 Å². The Balaban J connectivity index is 1.70. The molecule has 0 unspecified atom stereocenters. The standard InChI is InChI=1S/C21H23N3O3/c1-2-3-12-20(25)24-14-7-10-18(24)21(26)23-17-9-4-5-11-19(17)27-16-8-6-13-22-15-16/h2,4-6,8-9,11,13,15,18H,1,3,7,10,12,14H2,(H,23,26)/t18-/m1/s1. The Hall–Kier alpha value is -3.15. The van der Waals surface area contributed by atoms with Crippen LogP contribution in [-0.4, -0.2) is 34.3 Å². The molecule has 27 heavy (non-hydrogen) atoms. The van der Waals surface area contributed by atoms with Gasteiger partial charge in [0.15, 0.2) is 5.75 Å². The highest BCUT2D eigenvalue weighted by Crippen LogP contribution is 2.30. The summed E-state index contributed by atoms with van der Waals surface area (Å²) in [6.45, 7) is 4.26. The number of ether oxygens (including phenoxy) is 1. The van der Waals surface area contributed by atoms with Gasteiger partial charge in [-0.15, -0.1) is 6.58 Å². The first-order chi connectivity index (χ1) is 13.2. The number of hydrogen-bond donors (Lipinski definition) is 1. The maximum Gasteiger partial charge on any atom is 0.247 e. The highest BCUT2D eigenvalue weighted by Gasteiger charge is 2.33. The van der Waals surface area contributed by atoms with Gasteiger partial charge in [-0.1, -0.05) is 18.2 Å². The molecule has 0 saturated carbocycles. The number of nitrogens with zero attached hydrogens (tertiary/aromatic N) is 2. The van der Waals surface area contributed by atoms with Crippen LogP contribution in [0.3, 0.4) is 0 Å². The Morgan fingerprint density at radius 3 is 2.93 bits per heavy atom. The van der Waals surface area contributed by atoms with Crippen molar-refractivity contribution in [1.29, 1.82) is 0 Å². The summed E-state index contributed by atoms with van der Waals surface area (Å²) in [6, 6.07) is 10.3. The van der Waals surface area contributed by atoms with E-state index in [1.807, 2.05) is 12.1 Å². The first-order valence-electron chi connectivity index (χ1n) is 9.07. The summed E-state index contributed by atoms with van der Waals surface area (Å²) < 4.78 is 5.83.